The van der Waals surface area contributed by atoms with Gasteiger partial charge in [0.15, 0.2) is 5.69 Å². The van der Waals surface area contributed by atoms with E-state index in [1.807, 2.05) is 0 Å². The van der Waals surface area contributed by atoms with Crippen LogP contribution in [0.4, 0.5) is 20.2 Å². The highest BCUT2D eigenvalue weighted by molar-refractivity contribution is 6.31. The van der Waals surface area contributed by atoms with Crippen LogP contribution in [0.1, 0.15) is 10.5 Å². The minimum absolute atomic E-state index is 0.0531. The smallest absolute Gasteiger partial charge is 0.356 e. The number of fused-ring (bicyclic) bond motifs is 1. The van der Waals surface area contributed by atoms with Crippen molar-refractivity contribution < 1.29 is 18.3 Å². The predicted molar refractivity (Wildman–Crippen MR) is 87.7 cm³/mol. The van der Waals surface area contributed by atoms with E-state index in [0.29, 0.717) is 21.6 Å². The van der Waals surface area contributed by atoms with Crippen LogP contribution in [0, 0.1) is 11.6 Å². The number of nitrogens with one attached hydrogen (secondary N) is 1. The zero-order valence-corrected chi connectivity index (χ0v) is 13.2. The monoisotopic (exact) mass is 348 g/mol. The van der Waals surface area contributed by atoms with E-state index < -0.39 is 17.6 Å². The number of anilines is 2. The molecule has 7 heteroatoms. The van der Waals surface area contributed by atoms with Crippen molar-refractivity contribution in [2.24, 2.45) is 0 Å². The minimum atomic E-state index is -0.762. The highest BCUT2D eigenvalue weighted by Crippen LogP contribution is 2.30. The number of hydrogen-bond donors (Lipinski definition) is 1. The first-order valence-corrected chi connectivity index (χ1v) is 7.26. The maximum atomic E-state index is 13.9. The summed E-state index contributed by atoms with van der Waals surface area (Å²) in [5.74, 6) is -2.08. The van der Waals surface area contributed by atoms with E-state index in [-0.39, 0.29) is 11.4 Å². The molecule has 0 spiro atoms. The molecule has 4 nitrogen and oxygen atoms in total. The Hall–Kier alpha value is -2.73. The van der Waals surface area contributed by atoms with E-state index in [2.05, 4.69) is 15.0 Å². The molecule has 3 rings (SSSR count). The SMILES string of the molecule is COC(=O)c1cc(Nc2ccc(F)cc2F)c2cc(Cl)ccc2n1. The fourth-order valence-corrected chi connectivity index (χ4v) is 2.42. The number of carbonyl (C=O) groups excluding carboxylic acids is 1. The fraction of sp³-hybridized carbons (Fsp3) is 0.0588. The van der Waals surface area contributed by atoms with E-state index in [1.54, 1.807) is 18.2 Å². The maximum absolute atomic E-state index is 13.9. The number of ether oxygens (including phenoxy) is 1. The number of esters is 1. The molecule has 0 radical (unpaired) electrons. The van der Waals surface area contributed by atoms with Gasteiger partial charge in [-0.05, 0) is 36.4 Å². The van der Waals surface area contributed by atoms with Crippen LogP contribution >= 0.6 is 11.6 Å². The van der Waals surface area contributed by atoms with Gasteiger partial charge < -0.3 is 10.1 Å². The van der Waals surface area contributed by atoms with E-state index in [9.17, 15) is 13.6 Å². The zero-order chi connectivity index (χ0) is 17.3. The molecule has 0 saturated carbocycles. The molecule has 0 atom stereocenters. The summed E-state index contributed by atoms with van der Waals surface area (Å²) in [4.78, 5) is 16.0. The number of aromatic nitrogens is 1. The molecule has 0 saturated heterocycles. The van der Waals surface area contributed by atoms with Crippen molar-refractivity contribution in [1.29, 1.82) is 0 Å². The number of hydrogen-bond acceptors (Lipinski definition) is 4. The molecule has 0 aliphatic carbocycles. The third-order valence-corrected chi connectivity index (χ3v) is 3.60. The van der Waals surface area contributed by atoms with Gasteiger partial charge in [-0.15, -0.1) is 0 Å². The second-order valence-electron chi connectivity index (χ2n) is 4.96. The molecule has 0 bridgehead atoms. The highest BCUT2D eigenvalue weighted by atomic mass is 35.5. The van der Waals surface area contributed by atoms with Gasteiger partial charge in [0.2, 0.25) is 0 Å². The zero-order valence-electron chi connectivity index (χ0n) is 12.4. The molecular weight excluding hydrogens is 338 g/mol. The summed E-state index contributed by atoms with van der Waals surface area (Å²) in [6.07, 6.45) is 0. The van der Waals surface area contributed by atoms with Gasteiger partial charge in [-0.3, -0.25) is 0 Å². The van der Waals surface area contributed by atoms with Crippen molar-refractivity contribution >= 4 is 39.8 Å². The topological polar surface area (TPSA) is 51.2 Å². The molecule has 1 heterocycles. The lowest BCUT2D eigenvalue weighted by molar-refractivity contribution is 0.0594. The molecule has 24 heavy (non-hydrogen) atoms. The quantitative estimate of drug-likeness (QED) is 0.697. The summed E-state index contributed by atoms with van der Waals surface area (Å²) in [5, 5.41) is 3.88. The number of nitrogens with zero attached hydrogens (tertiary/aromatic N) is 1. The van der Waals surface area contributed by atoms with Crippen molar-refractivity contribution in [3.05, 3.63) is 64.8 Å². The Morgan fingerprint density at radius 2 is 1.92 bits per heavy atom. The van der Waals surface area contributed by atoms with Crippen LogP contribution < -0.4 is 5.32 Å². The summed E-state index contributed by atoms with van der Waals surface area (Å²) < 4.78 is 31.6. The number of carbonyl (C=O) groups is 1. The molecule has 0 aliphatic rings. The largest absolute Gasteiger partial charge is 0.464 e. The first kappa shape index (κ1) is 16.1. The normalized spacial score (nSPS) is 10.7. The molecular formula is C17H11ClF2N2O2. The first-order valence-electron chi connectivity index (χ1n) is 6.88. The number of methoxy groups -OCH3 is 1. The second-order valence-corrected chi connectivity index (χ2v) is 5.39. The van der Waals surface area contributed by atoms with Crippen molar-refractivity contribution in [2.75, 3.05) is 12.4 Å². The van der Waals surface area contributed by atoms with Gasteiger partial charge in [0.05, 0.1) is 24.0 Å². The first-order chi connectivity index (χ1) is 11.5. The Morgan fingerprint density at radius 1 is 1.12 bits per heavy atom. The third-order valence-electron chi connectivity index (χ3n) is 3.37. The van der Waals surface area contributed by atoms with Crippen molar-refractivity contribution in [2.45, 2.75) is 0 Å². The molecule has 0 fully saturated rings. The number of pyridine rings is 1. The van der Waals surface area contributed by atoms with Gasteiger partial charge >= 0.3 is 5.97 Å². The molecule has 3 aromatic rings. The molecule has 122 valence electrons. The Kier molecular flexibility index (Phi) is 4.31. The van der Waals surface area contributed by atoms with Crippen LogP contribution in [-0.4, -0.2) is 18.1 Å². The van der Waals surface area contributed by atoms with Crippen LogP contribution in [0.5, 0.6) is 0 Å². The van der Waals surface area contributed by atoms with E-state index in [0.717, 1.165) is 12.1 Å². The maximum Gasteiger partial charge on any atom is 0.356 e. The molecule has 1 N–H and O–H groups in total. The molecule has 0 unspecified atom stereocenters. The minimum Gasteiger partial charge on any atom is -0.464 e. The fourth-order valence-electron chi connectivity index (χ4n) is 2.25. The lowest BCUT2D eigenvalue weighted by Gasteiger charge is -2.12. The van der Waals surface area contributed by atoms with Crippen molar-refractivity contribution in [3.63, 3.8) is 0 Å². The van der Waals surface area contributed by atoms with Gasteiger partial charge in [-0.2, -0.15) is 0 Å². The highest BCUT2D eigenvalue weighted by Gasteiger charge is 2.14. The summed E-state index contributed by atoms with van der Waals surface area (Å²) in [5.41, 5.74) is 0.984. The average molecular weight is 349 g/mol. The van der Waals surface area contributed by atoms with Crippen LogP contribution in [0.15, 0.2) is 42.5 Å². The van der Waals surface area contributed by atoms with Crippen LogP contribution in [0.25, 0.3) is 10.9 Å². The van der Waals surface area contributed by atoms with Crippen molar-refractivity contribution in [1.82, 2.24) is 4.98 Å². The third kappa shape index (κ3) is 3.14. The van der Waals surface area contributed by atoms with Gasteiger partial charge in [-0.1, -0.05) is 11.6 Å². The Labute approximate surface area is 141 Å². The Balaban J connectivity index is 2.16. The van der Waals surface area contributed by atoms with Crippen molar-refractivity contribution in [3.8, 4) is 0 Å². The summed E-state index contributed by atoms with van der Waals surface area (Å²) in [6.45, 7) is 0. The molecule has 0 aliphatic heterocycles. The van der Waals surface area contributed by atoms with E-state index in [4.69, 9.17) is 11.6 Å². The standard InChI is InChI=1S/C17H11ClF2N2O2/c1-24-17(23)16-8-15(11-6-9(18)2-4-13(11)21-16)22-14-5-3-10(19)7-12(14)20/h2-8H,1H3,(H,21,22). The Bertz CT molecular complexity index is 947. The lowest BCUT2D eigenvalue weighted by Crippen LogP contribution is -2.06. The van der Waals surface area contributed by atoms with Crippen LogP contribution in [0.3, 0.4) is 0 Å². The van der Waals surface area contributed by atoms with E-state index in [1.165, 1.54) is 19.2 Å². The molecule has 0 amide bonds. The number of benzene rings is 2. The van der Waals surface area contributed by atoms with Crippen LogP contribution in [-0.2, 0) is 4.74 Å². The predicted octanol–water partition coefficient (Wildman–Crippen LogP) is 4.70. The summed E-state index contributed by atoms with van der Waals surface area (Å²) in [7, 11) is 1.24. The average Bonchev–Trinajstić information content (AvgIpc) is 2.56. The van der Waals surface area contributed by atoms with Crippen LogP contribution in [0.2, 0.25) is 5.02 Å². The number of halogens is 3. The van der Waals surface area contributed by atoms with Gasteiger partial charge in [-0.25, -0.2) is 18.6 Å². The summed E-state index contributed by atoms with van der Waals surface area (Å²) >= 11 is 6.00. The van der Waals surface area contributed by atoms with Gasteiger partial charge in [0, 0.05) is 16.5 Å². The molecule has 1 aromatic heterocycles. The summed E-state index contributed by atoms with van der Waals surface area (Å²) in [6, 6.07) is 9.47. The van der Waals surface area contributed by atoms with Gasteiger partial charge in [0.1, 0.15) is 11.6 Å². The lowest BCUT2D eigenvalue weighted by atomic mass is 10.1. The van der Waals surface area contributed by atoms with E-state index >= 15 is 0 Å². The molecule has 2 aromatic carbocycles. The van der Waals surface area contributed by atoms with Gasteiger partial charge in [0.25, 0.3) is 0 Å². The Morgan fingerprint density at radius 3 is 2.62 bits per heavy atom. The second kappa shape index (κ2) is 6.41. The number of rotatable bonds is 3.